The lowest BCUT2D eigenvalue weighted by Crippen LogP contribution is -2.30. The van der Waals surface area contributed by atoms with Crippen LogP contribution >= 0.6 is 0 Å². The van der Waals surface area contributed by atoms with Crippen molar-refractivity contribution in [2.75, 3.05) is 5.32 Å². The number of carbonyl (C=O) groups is 1. The summed E-state index contributed by atoms with van der Waals surface area (Å²) in [4.78, 5) is 12.3. The Labute approximate surface area is 116 Å². The van der Waals surface area contributed by atoms with Gasteiger partial charge in [-0.15, -0.1) is 0 Å². The molecule has 0 saturated heterocycles. The molecule has 0 atom stereocenters. The zero-order chi connectivity index (χ0) is 14.1. The van der Waals surface area contributed by atoms with Crippen molar-refractivity contribution in [3.63, 3.8) is 0 Å². The normalized spacial score (nSPS) is 18.3. The van der Waals surface area contributed by atoms with Gasteiger partial charge in [0.25, 0.3) is 0 Å². The third-order valence-electron chi connectivity index (χ3n) is 4.26. The van der Waals surface area contributed by atoms with Gasteiger partial charge in [0.2, 0.25) is 5.91 Å². The summed E-state index contributed by atoms with van der Waals surface area (Å²) < 4.78 is 0. The fraction of sp³-hybridized carbons (Fsp3) is 0.588. The van der Waals surface area contributed by atoms with Gasteiger partial charge >= 0.3 is 0 Å². The lowest BCUT2D eigenvalue weighted by Gasteiger charge is -2.23. The van der Waals surface area contributed by atoms with Crippen LogP contribution in [-0.4, -0.2) is 5.91 Å². The lowest BCUT2D eigenvalue weighted by molar-refractivity contribution is -0.124. The van der Waals surface area contributed by atoms with Gasteiger partial charge in [0.1, 0.15) is 0 Å². The minimum atomic E-state index is -0.164. The molecule has 0 heterocycles. The van der Waals surface area contributed by atoms with Crippen LogP contribution in [-0.2, 0) is 10.2 Å². The second-order valence-corrected chi connectivity index (χ2v) is 7.05. The van der Waals surface area contributed by atoms with Crippen molar-refractivity contribution in [1.29, 1.82) is 0 Å². The predicted octanol–water partition coefficient (Wildman–Crippen LogP) is 4.50. The smallest absolute Gasteiger partial charge is 0.230 e. The topological polar surface area (TPSA) is 29.1 Å². The Morgan fingerprint density at radius 3 is 2.11 bits per heavy atom. The molecule has 0 bridgehead atoms. The molecule has 104 valence electrons. The molecule has 1 aliphatic rings. The van der Waals surface area contributed by atoms with Crippen molar-refractivity contribution in [1.82, 2.24) is 0 Å². The Hall–Kier alpha value is -1.31. The predicted molar refractivity (Wildman–Crippen MR) is 80.3 cm³/mol. The maximum atomic E-state index is 12.3. The van der Waals surface area contributed by atoms with Crippen LogP contribution < -0.4 is 5.32 Å². The average Bonchev–Trinajstić information content (AvgIpc) is 2.77. The monoisotopic (exact) mass is 259 g/mol. The zero-order valence-corrected chi connectivity index (χ0v) is 12.5. The van der Waals surface area contributed by atoms with Crippen molar-refractivity contribution in [2.24, 2.45) is 5.41 Å². The first-order valence-electron chi connectivity index (χ1n) is 7.23. The van der Waals surface area contributed by atoms with Gasteiger partial charge in [-0.05, 0) is 36.0 Å². The van der Waals surface area contributed by atoms with E-state index >= 15 is 0 Å². The van der Waals surface area contributed by atoms with Gasteiger partial charge in [-0.1, -0.05) is 52.7 Å². The molecule has 0 aromatic heterocycles. The molecule has 2 nitrogen and oxygen atoms in total. The van der Waals surface area contributed by atoms with E-state index in [9.17, 15) is 4.79 Å². The molecule has 0 aliphatic heterocycles. The molecule has 1 amide bonds. The third-order valence-corrected chi connectivity index (χ3v) is 4.26. The maximum Gasteiger partial charge on any atom is 0.230 e. The summed E-state index contributed by atoms with van der Waals surface area (Å²) in [6, 6.07) is 8.23. The Morgan fingerprint density at radius 1 is 1.11 bits per heavy atom. The molecular weight excluding hydrogens is 234 g/mol. The zero-order valence-electron chi connectivity index (χ0n) is 12.5. The van der Waals surface area contributed by atoms with E-state index in [0.29, 0.717) is 0 Å². The lowest BCUT2D eigenvalue weighted by atomic mass is 9.86. The molecule has 0 unspecified atom stereocenters. The summed E-state index contributed by atoms with van der Waals surface area (Å²) in [7, 11) is 0. The molecule has 1 saturated carbocycles. The molecule has 1 aromatic carbocycles. The summed E-state index contributed by atoms with van der Waals surface area (Å²) in [5, 5.41) is 3.06. The number of anilines is 1. The van der Waals surface area contributed by atoms with Crippen molar-refractivity contribution in [2.45, 2.75) is 58.8 Å². The number of hydrogen-bond donors (Lipinski definition) is 1. The number of rotatable bonds is 2. The van der Waals surface area contributed by atoms with Gasteiger partial charge in [0.05, 0.1) is 0 Å². The van der Waals surface area contributed by atoms with Gasteiger partial charge in [0.15, 0.2) is 0 Å². The quantitative estimate of drug-likeness (QED) is 0.832. The fourth-order valence-corrected chi connectivity index (χ4v) is 2.72. The molecule has 1 aromatic rings. The Balaban J connectivity index is 2.06. The van der Waals surface area contributed by atoms with E-state index in [2.05, 4.69) is 45.1 Å². The van der Waals surface area contributed by atoms with Gasteiger partial charge in [0, 0.05) is 11.1 Å². The average molecular weight is 259 g/mol. The van der Waals surface area contributed by atoms with E-state index in [1.54, 1.807) is 0 Å². The van der Waals surface area contributed by atoms with E-state index in [4.69, 9.17) is 0 Å². The van der Waals surface area contributed by atoms with Crippen LogP contribution in [0.5, 0.6) is 0 Å². The van der Waals surface area contributed by atoms with E-state index in [-0.39, 0.29) is 16.7 Å². The first-order chi connectivity index (χ1) is 8.81. The van der Waals surface area contributed by atoms with Gasteiger partial charge < -0.3 is 5.32 Å². The van der Waals surface area contributed by atoms with Crippen LogP contribution in [0.2, 0.25) is 0 Å². The summed E-state index contributed by atoms with van der Waals surface area (Å²) in [5.41, 5.74) is 2.19. The summed E-state index contributed by atoms with van der Waals surface area (Å²) in [6.07, 6.45) is 4.37. The number of hydrogen-bond acceptors (Lipinski definition) is 1. The second kappa shape index (κ2) is 4.99. The van der Waals surface area contributed by atoms with Crippen molar-refractivity contribution >= 4 is 11.6 Å². The molecule has 2 rings (SSSR count). The first-order valence-corrected chi connectivity index (χ1v) is 7.23. The summed E-state index contributed by atoms with van der Waals surface area (Å²) in [5.74, 6) is 0.175. The van der Waals surface area contributed by atoms with Crippen molar-refractivity contribution < 1.29 is 4.79 Å². The van der Waals surface area contributed by atoms with Crippen LogP contribution in [0.1, 0.15) is 58.9 Å². The molecule has 1 fully saturated rings. The Morgan fingerprint density at radius 2 is 1.63 bits per heavy atom. The maximum absolute atomic E-state index is 12.3. The van der Waals surface area contributed by atoms with Crippen LogP contribution in [0.4, 0.5) is 5.69 Å². The highest BCUT2D eigenvalue weighted by Crippen LogP contribution is 2.38. The number of carbonyl (C=O) groups excluding carboxylic acids is 1. The summed E-state index contributed by atoms with van der Waals surface area (Å²) >= 11 is 0. The van der Waals surface area contributed by atoms with Crippen LogP contribution in [0, 0.1) is 5.41 Å². The number of benzene rings is 1. The molecule has 2 heteroatoms. The molecular formula is C17H25NO. The number of nitrogens with one attached hydrogen (secondary N) is 1. The molecule has 1 aliphatic carbocycles. The van der Waals surface area contributed by atoms with Crippen molar-refractivity contribution in [3.05, 3.63) is 29.8 Å². The minimum absolute atomic E-state index is 0.153. The molecule has 19 heavy (non-hydrogen) atoms. The second-order valence-electron chi connectivity index (χ2n) is 7.05. The minimum Gasteiger partial charge on any atom is -0.326 e. The Bertz CT molecular complexity index is 447. The van der Waals surface area contributed by atoms with Gasteiger partial charge in [-0.25, -0.2) is 0 Å². The van der Waals surface area contributed by atoms with Crippen LogP contribution in [0.3, 0.4) is 0 Å². The SMILES string of the molecule is CC1(C(=O)Nc2ccc(C(C)(C)C)cc2)CCCC1. The first kappa shape index (κ1) is 14.1. The molecule has 0 radical (unpaired) electrons. The highest BCUT2D eigenvalue weighted by atomic mass is 16.2. The van der Waals surface area contributed by atoms with Crippen LogP contribution in [0.25, 0.3) is 0 Å². The molecule has 1 N–H and O–H groups in total. The highest BCUT2D eigenvalue weighted by molar-refractivity contribution is 5.95. The van der Waals surface area contributed by atoms with Gasteiger partial charge in [-0.3, -0.25) is 4.79 Å². The van der Waals surface area contributed by atoms with E-state index < -0.39 is 0 Å². The highest BCUT2D eigenvalue weighted by Gasteiger charge is 2.36. The largest absolute Gasteiger partial charge is 0.326 e. The Kier molecular flexibility index (Phi) is 3.71. The third kappa shape index (κ3) is 3.17. The fourth-order valence-electron chi connectivity index (χ4n) is 2.72. The van der Waals surface area contributed by atoms with E-state index in [0.717, 1.165) is 18.5 Å². The van der Waals surface area contributed by atoms with Crippen molar-refractivity contribution in [3.8, 4) is 0 Å². The molecule has 0 spiro atoms. The standard InChI is InChI=1S/C17H25NO/c1-16(2,3)13-7-9-14(10-8-13)18-15(19)17(4)11-5-6-12-17/h7-10H,5-6,11-12H2,1-4H3,(H,18,19). The van der Waals surface area contributed by atoms with E-state index in [1.165, 1.54) is 18.4 Å². The van der Waals surface area contributed by atoms with Gasteiger partial charge in [-0.2, -0.15) is 0 Å². The van der Waals surface area contributed by atoms with Crippen LogP contribution in [0.15, 0.2) is 24.3 Å². The number of amides is 1. The van der Waals surface area contributed by atoms with E-state index in [1.807, 2.05) is 12.1 Å². The summed E-state index contributed by atoms with van der Waals surface area (Å²) in [6.45, 7) is 8.67.